The van der Waals surface area contributed by atoms with Gasteiger partial charge >= 0.3 is 0 Å². The second-order valence-corrected chi connectivity index (χ2v) is 7.65. The zero-order valence-electron chi connectivity index (χ0n) is 13.7. The Morgan fingerprint density at radius 1 is 1.21 bits per heavy atom. The summed E-state index contributed by atoms with van der Waals surface area (Å²) in [6.07, 6.45) is 3.36. The van der Waals surface area contributed by atoms with Crippen LogP contribution in [0.15, 0.2) is 46.9 Å². The van der Waals surface area contributed by atoms with Crippen LogP contribution in [0.2, 0.25) is 0 Å². The normalized spacial score (nSPS) is 26.8. The van der Waals surface area contributed by atoms with Gasteiger partial charge in [-0.15, -0.1) is 0 Å². The molecular formula is C19H23NO3S. The molecular weight excluding hydrogens is 322 g/mol. The zero-order valence-corrected chi connectivity index (χ0v) is 14.5. The molecule has 0 saturated carbocycles. The first-order valence-electron chi connectivity index (χ1n) is 8.58. The van der Waals surface area contributed by atoms with Crippen LogP contribution in [0.25, 0.3) is 0 Å². The highest BCUT2D eigenvalue weighted by atomic mass is 32.2. The average molecular weight is 345 g/mol. The number of rotatable bonds is 5. The van der Waals surface area contributed by atoms with Gasteiger partial charge in [-0.05, 0) is 43.2 Å². The summed E-state index contributed by atoms with van der Waals surface area (Å²) < 4.78 is 17.6. The van der Waals surface area contributed by atoms with Crippen LogP contribution in [0, 0.1) is 0 Å². The lowest BCUT2D eigenvalue weighted by Crippen LogP contribution is -2.47. The van der Waals surface area contributed by atoms with Crippen molar-refractivity contribution in [1.82, 2.24) is 5.32 Å². The Morgan fingerprint density at radius 2 is 2.12 bits per heavy atom. The van der Waals surface area contributed by atoms with E-state index in [-0.39, 0.29) is 5.60 Å². The maximum atomic E-state index is 6.07. The van der Waals surface area contributed by atoms with Crippen molar-refractivity contribution in [2.24, 2.45) is 0 Å². The topological polar surface area (TPSA) is 43.6 Å². The summed E-state index contributed by atoms with van der Waals surface area (Å²) in [5, 5.41) is 3.63. The monoisotopic (exact) mass is 345 g/mol. The Hall–Kier alpha value is -1.43. The standard InChI is InChI=1S/C19H23NO3S/c1-2-4-16(5-3-1)22-18-7-6-17(23-18)13-20-15-8-10-21-19(12-15)9-11-24-14-19/h1-7,15,20H,8-14H2/t15-,19+/m1/s1. The van der Waals surface area contributed by atoms with Crippen molar-refractivity contribution in [1.29, 1.82) is 0 Å². The Labute approximate surface area is 146 Å². The smallest absolute Gasteiger partial charge is 0.290 e. The fourth-order valence-corrected chi connectivity index (χ4v) is 4.80. The first-order valence-corrected chi connectivity index (χ1v) is 9.74. The quantitative estimate of drug-likeness (QED) is 0.879. The highest BCUT2D eigenvalue weighted by Crippen LogP contribution is 2.38. The van der Waals surface area contributed by atoms with Gasteiger partial charge in [0.15, 0.2) is 0 Å². The molecule has 2 fully saturated rings. The molecule has 4 nitrogen and oxygen atoms in total. The first kappa shape index (κ1) is 16.1. The fraction of sp³-hybridized carbons (Fsp3) is 0.474. The second-order valence-electron chi connectivity index (χ2n) is 6.54. The van der Waals surface area contributed by atoms with Crippen LogP contribution >= 0.6 is 11.8 Å². The summed E-state index contributed by atoms with van der Waals surface area (Å²) in [6, 6.07) is 14.1. The van der Waals surface area contributed by atoms with Crippen molar-refractivity contribution in [2.45, 2.75) is 37.5 Å². The van der Waals surface area contributed by atoms with Crippen LogP contribution in [-0.4, -0.2) is 29.8 Å². The van der Waals surface area contributed by atoms with Gasteiger partial charge in [-0.25, -0.2) is 0 Å². The van der Waals surface area contributed by atoms with E-state index in [1.807, 2.05) is 54.2 Å². The van der Waals surface area contributed by atoms with Gasteiger partial charge in [0, 0.05) is 24.5 Å². The predicted octanol–water partition coefficient (Wildman–Crippen LogP) is 4.22. The molecule has 1 aromatic heterocycles. The van der Waals surface area contributed by atoms with Crippen molar-refractivity contribution < 1.29 is 13.9 Å². The molecule has 2 atom stereocenters. The van der Waals surface area contributed by atoms with Gasteiger partial charge in [-0.2, -0.15) is 11.8 Å². The van der Waals surface area contributed by atoms with Gasteiger partial charge < -0.3 is 19.2 Å². The Kier molecular flexibility index (Phi) is 4.83. The highest BCUT2D eigenvalue weighted by Gasteiger charge is 2.40. The van der Waals surface area contributed by atoms with E-state index in [4.69, 9.17) is 13.9 Å². The van der Waals surface area contributed by atoms with E-state index in [1.165, 1.54) is 12.2 Å². The van der Waals surface area contributed by atoms with Crippen molar-refractivity contribution >= 4 is 11.8 Å². The van der Waals surface area contributed by atoms with Crippen LogP contribution < -0.4 is 10.1 Å². The van der Waals surface area contributed by atoms with Gasteiger partial charge in [0.2, 0.25) is 0 Å². The highest BCUT2D eigenvalue weighted by molar-refractivity contribution is 7.99. The minimum atomic E-state index is 0.116. The molecule has 2 saturated heterocycles. The molecule has 2 aliphatic heterocycles. The fourth-order valence-electron chi connectivity index (χ4n) is 3.42. The molecule has 0 radical (unpaired) electrons. The predicted molar refractivity (Wildman–Crippen MR) is 95.7 cm³/mol. The van der Waals surface area contributed by atoms with Gasteiger partial charge in [0.1, 0.15) is 11.5 Å². The van der Waals surface area contributed by atoms with E-state index >= 15 is 0 Å². The number of thioether (sulfide) groups is 1. The molecule has 1 N–H and O–H groups in total. The van der Waals surface area contributed by atoms with Crippen LogP contribution in [0.1, 0.15) is 25.0 Å². The Morgan fingerprint density at radius 3 is 2.96 bits per heavy atom. The molecule has 0 aliphatic carbocycles. The molecule has 4 rings (SSSR count). The maximum absolute atomic E-state index is 6.07. The van der Waals surface area contributed by atoms with Gasteiger partial charge in [0.25, 0.3) is 5.95 Å². The third-order valence-corrected chi connectivity index (χ3v) is 5.95. The number of furan rings is 1. The van der Waals surface area contributed by atoms with Gasteiger partial charge in [0.05, 0.1) is 12.1 Å². The lowest BCUT2D eigenvalue weighted by molar-refractivity contribution is -0.0704. The van der Waals surface area contributed by atoms with E-state index < -0.39 is 0 Å². The van der Waals surface area contributed by atoms with E-state index in [0.717, 1.165) is 43.3 Å². The van der Waals surface area contributed by atoms with Crippen molar-refractivity contribution in [3.05, 3.63) is 48.2 Å². The number of ether oxygens (including phenoxy) is 2. The molecule has 2 aliphatic rings. The second kappa shape index (κ2) is 7.21. The van der Waals surface area contributed by atoms with Gasteiger partial charge in [-0.3, -0.25) is 0 Å². The SMILES string of the molecule is c1ccc(Oc2ccc(CN[C@@H]3CCO[C@@]4(CCSC4)C3)o2)cc1. The molecule has 0 unspecified atom stereocenters. The van der Waals surface area contributed by atoms with E-state index in [1.54, 1.807) is 0 Å². The molecule has 2 aromatic rings. The number of hydrogen-bond donors (Lipinski definition) is 1. The number of hydrogen-bond acceptors (Lipinski definition) is 5. The molecule has 3 heterocycles. The minimum absolute atomic E-state index is 0.116. The summed E-state index contributed by atoms with van der Waals surface area (Å²) in [5.74, 6) is 4.60. The lowest BCUT2D eigenvalue weighted by Gasteiger charge is -2.38. The number of para-hydroxylation sites is 1. The van der Waals surface area contributed by atoms with Crippen molar-refractivity contribution in [3.63, 3.8) is 0 Å². The van der Waals surface area contributed by atoms with E-state index in [2.05, 4.69) is 5.32 Å². The van der Waals surface area contributed by atoms with E-state index in [9.17, 15) is 0 Å². The summed E-state index contributed by atoms with van der Waals surface area (Å²) in [7, 11) is 0. The van der Waals surface area contributed by atoms with Crippen molar-refractivity contribution in [3.8, 4) is 11.7 Å². The third-order valence-electron chi connectivity index (χ3n) is 4.72. The number of benzene rings is 1. The van der Waals surface area contributed by atoms with Crippen LogP contribution in [0.5, 0.6) is 11.7 Å². The Balaban J connectivity index is 1.30. The average Bonchev–Trinajstić information content (AvgIpc) is 3.24. The largest absolute Gasteiger partial charge is 0.429 e. The lowest BCUT2D eigenvalue weighted by atomic mass is 9.90. The third kappa shape index (κ3) is 3.79. The molecule has 24 heavy (non-hydrogen) atoms. The molecule has 1 aromatic carbocycles. The Bertz CT molecular complexity index is 652. The molecule has 5 heteroatoms. The summed E-state index contributed by atoms with van der Waals surface area (Å²) in [4.78, 5) is 0. The number of nitrogens with one attached hydrogen (secondary N) is 1. The zero-order chi connectivity index (χ0) is 16.2. The molecule has 0 amide bonds. The first-order chi connectivity index (χ1) is 11.8. The molecule has 0 bridgehead atoms. The summed E-state index contributed by atoms with van der Waals surface area (Å²) >= 11 is 2.01. The summed E-state index contributed by atoms with van der Waals surface area (Å²) in [6.45, 7) is 1.59. The molecule has 1 spiro atoms. The van der Waals surface area contributed by atoms with Crippen molar-refractivity contribution in [2.75, 3.05) is 18.1 Å². The van der Waals surface area contributed by atoms with Crippen LogP contribution in [0.3, 0.4) is 0 Å². The summed E-state index contributed by atoms with van der Waals surface area (Å²) in [5.41, 5.74) is 0.116. The van der Waals surface area contributed by atoms with Crippen LogP contribution in [-0.2, 0) is 11.3 Å². The van der Waals surface area contributed by atoms with E-state index in [0.29, 0.717) is 12.0 Å². The maximum Gasteiger partial charge on any atom is 0.290 e. The van der Waals surface area contributed by atoms with Gasteiger partial charge in [-0.1, -0.05) is 18.2 Å². The minimum Gasteiger partial charge on any atom is -0.429 e. The molecule has 128 valence electrons. The van der Waals surface area contributed by atoms with Crippen LogP contribution in [0.4, 0.5) is 0 Å².